The first-order chi connectivity index (χ1) is 13.8. The van der Waals surface area contributed by atoms with Crippen molar-refractivity contribution in [1.82, 2.24) is 29.8 Å². The van der Waals surface area contributed by atoms with Gasteiger partial charge in [-0.1, -0.05) is 24.6 Å². The molecule has 0 aliphatic carbocycles. The van der Waals surface area contributed by atoms with Crippen LogP contribution < -0.4 is 9.47 Å². The summed E-state index contributed by atoms with van der Waals surface area (Å²) >= 11 is 0. The molecule has 2 aromatic heterocycles. The Morgan fingerprint density at radius 3 is 2.96 bits per heavy atom. The van der Waals surface area contributed by atoms with Gasteiger partial charge in [0.1, 0.15) is 12.4 Å². The molecule has 4 heterocycles. The van der Waals surface area contributed by atoms with E-state index in [2.05, 4.69) is 44.1 Å². The summed E-state index contributed by atoms with van der Waals surface area (Å²) in [6, 6.07) is 6.10. The average molecular weight is 380 g/mol. The van der Waals surface area contributed by atoms with Crippen LogP contribution in [0.2, 0.25) is 0 Å². The van der Waals surface area contributed by atoms with Crippen LogP contribution in [0, 0.1) is 0 Å². The number of nitrogens with zero attached hydrogens (tertiary/aromatic N) is 6. The Kier molecular flexibility index (Phi) is 4.46. The fraction of sp³-hybridized carbons (Fsp3) is 0.500. The van der Waals surface area contributed by atoms with Crippen LogP contribution in [-0.4, -0.2) is 36.6 Å². The second-order valence-corrected chi connectivity index (χ2v) is 7.63. The van der Waals surface area contributed by atoms with Crippen LogP contribution in [0.5, 0.6) is 11.5 Å². The molecule has 0 saturated heterocycles. The zero-order valence-corrected chi connectivity index (χ0v) is 16.0. The van der Waals surface area contributed by atoms with Gasteiger partial charge >= 0.3 is 0 Å². The molecule has 3 aromatic rings. The summed E-state index contributed by atoms with van der Waals surface area (Å²) in [4.78, 5) is 0. The highest BCUT2D eigenvalue weighted by atomic mass is 16.7. The van der Waals surface area contributed by atoms with Crippen molar-refractivity contribution in [2.24, 2.45) is 0 Å². The Morgan fingerprint density at radius 2 is 2.00 bits per heavy atom. The largest absolute Gasteiger partial charge is 0.454 e. The fourth-order valence-electron chi connectivity index (χ4n) is 3.95. The molecule has 8 heteroatoms. The maximum atomic E-state index is 5.47. The van der Waals surface area contributed by atoms with Gasteiger partial charge in [0.15, 0.2) is 17.3 Å². The molecule has 0 amide bonds. The zero-order valence-electron chi connectivity index (χ0n) is 16.0. The number of hydrogen-bond acceptors (Lipinski definition) is 6. The van der Waals surface area contributed by atoms with Crippen molar-refractivity contribution in [3.8, 4) is 11.5 Å². The fourth-order valence-corrected chi connectivity index (χ4v) is 3.95. The number of rotatable bonds is 5. The van der Waals surface area contributed by atoms with Crippen molar-refractivity contribution in [3.63, 3.8) is 0 Å². The summed E-state index contributed by atoms with van der Waals surface area (Å²) in [5.74, 6) is 3.96. The van der Waals surface area contributed by atoms with E-state index in [-0.39, 0.29) is 5.92 Å². The molecular formula is C20H24N6O2. The number of aromatic nitrogens is 6. The zero-order chi connectivity index (χ0) is 18.9. The molecule has 0 fully saturated rings. The number of benzene rings is 1. The van der Waals surface area contributed by atoms with Gasteiger partial charge in [0.05, 0.1) is 5.69 Å². The van der Waals surface area contributed by atoms with Gasteiger partial charge < -0.3 is 14.0 Å². The Bertz CT molecular complexity index is 979. The van der Waals surface area contributed by atoms with Crippen LogP contribution in [0.4, 0.5) is 0 Å². The lowest BCUT2D eigenvalue weighted by molar-refractivity contribution is 0.174. The third-order valence-electron chi connectivity index (χ3n) is 5.53. The van der Waals surface area contributed by atoms with Crippen molar-refractivity contribution in [1.29, 1.82) is 0 Å². The smallest absolute Gasteiger partial charge is 0.231 e. The molecule has 2 aliphatic heterocycles. The Hall–Kier alpha value is -2.90. The molecule has 0 N–H and O–H groups in total. The second-order valence-electron chi connectivity index (χ2n) is 7.63. The molecule has 0 radical (unpaired) electrons. The van der Waals surface area contributed by atoms with E-state index in [0.717, 1.165) is 48.2 Å². The minimum Gasteiger partial charge on any atom is -0.454 e. The summed E-state index contributed by atoms with van der Waals surface area (Å²) in [6.45, 7) is 4.08. The molecule has 2 aliphatic rings. The molecule has 0 saturated carbocycles. The number of aryl methyl sites for hydroxylation is 1. The lowest BCUT2D eigenvalue weighted by atomic mass is 9.98. The molecule has 28 heavy (non-hydrogen) atoms. The van der Waals surface area contributed by atoms with E-state index >= 15 is 0 Å². The van der Waals surface area contributed by atoms with Crippen molar-refractivity contribution in [2.45, 2.75) is 58.0 Å². The van der Waals surface area contributed by atoms with Gasteiger partial charge in [-0.2, -0.15) is 0 Å². The summed E-state index contributed by atoms with van der Waals surface area (Å²) in [6.07, 6.45) is 7.55. The summed E-state index contributed by atoms with van der Waals surface area (Å²) < 4.78 is 15.0. The molecule has 8 nitrogen and oxygen atoms in total. The second kappa shape index (κ2) is 7.26. The third-order valence-corrected chi connectivity index (χ3v) is 5.53. The molecular weight excluding hydrogens is 356 g/mol. The SMILES string of the molecule is CC(Cc1ccc2c(c1)OCO2)c1cn(Cc2nnc3n2CCCCC3)nn1. The first-order valence-corrected chi connectivity index (χ1v) is 9.96. The van der Waals surface area contributed by atoms with Crippen LogP contribution >= 0.6 is 0 Å². The Balaban J connectivity index is 1.28. The van der Waals surface area contributed by atoms with Crippen LogP contribution in [0.1, 0.15) is 55.0 Å². The highest BCUT2D eigenvalue weighted by Gasteiger charge is 2.18. The van der Waals surface area contributed by atoms with Gasteiger partial charge in [0, 0.05) is 25.1 Å². The molecule has 1 aromatic carbocycles. The van der Waals surface area contributed by atoms with Crippen LogP contribution in [-0.2, 0) is 25.9 Å². The van der Waals surface area contributed by atoms with Gasteiger partial charge in [-0.05, 0) is 37.0 Å². The first kappa shape index (κ1) is 17.2. The van der Waals surface area contributed by atoms with Crippen molar-refractivity contribution in [3.05, 3.63) is 47.3 Å². The van der Waals surface area contributed by atoms with E-state index in [4.69, 9.17) is 9.47 Å². The maximum Gasteiger partial charge on any atom is 0.231 e. The molecule has 0 spiro atoms. The topological polar surface area (TPSA) is 79.9 Å². The predicted molar refractivity (Wildman–Crippen MR) is 101 cm³/mol. The monoisotopic (exact) mass is 380 g/mol. The van der Waals surface area contributed by atoms with Gasteiger partial charge in [-0.3, -0.25) is 0 Å². The van der Waals surface area contributed by atoms with Crippen LogP contribution in [0.3, 0.4) is 0 Å². The third kappa shape index (κ3) is 3.34. The normalized spacial score (nSPS) is 16.6. The first-order valence-electron chi connectivity index (χ1n) is 9.96. The minimum absolute atomic E-state index is 0.254. The van der Waals surface area contributed by atoms with Gasteiger partial charge in [0.25, 0.3) is 0 Å². The highest BCUT2D eigenvalue weighted by molar-refractivity contribution is 5.44. The van der Waals surface area contributed by atoms with E-state index in [1.165, 1.54) is 24.8 Å². The summed E-state index contributed by atoms with van der Waals surface area (Å²) in [7, 11) is 0. The maximum absolute atomic E-state index is 5.47. The predicted octanol–water partition coefficient (Wildman–Crippen LogP) is 2.72. The van der Waals surface area contributed by atoms with E-state index in [9.17, 15) is 0 Å². The van der Waals surface area contributed by atoms with Gasteiger partial charge in [-0.25, -0.2) is 4.68 Å². The molecule has 0 bridgehead atoms. The highest BCUT2D eigenvalue weighted by Crippen LogP contribution is 2.33. The molecule has 5 rings (SSSR count). The molecule has 1 atom stereocenters. The Labute approximate surface area is 163 Å². The lowest BCUT2D eigenvalue weighted by Gasteiger charge is -2.09. The van der Waals surface area contributed by atoms with Crippen LogP contribution in [0.15, 0.2) is 24.4 Å². The molecule has 146 valence electrons. The summed E-state index contributed by atoms with van der Waals surface area (Å²) in [5, 5.41) is 17.5. The quantitative estimate of drug-likeness (QED) is 0.677. The number of ether oxygens (including phenoxy) is 2. The number of fused-ring (bicyclic) bond motifs is 2. The van der Waals surface area contributed by atoms with E-state index in [1.807, 2.05) is 16.9 Å². The van der Waals surface area contributed by atoms with E-state index < -0.39 is 0 Å². The molecule has 1 unspecified atom stereocenters. The Morgan fingerprint density at radius 1 is 1.07 bits per heavy atom. The van der Waals surface area contributed by atoms with Gasteiger partial charge in [-0.15, -0.1) is 15.3 Å². The number of hydrogen-bond donors (Lipinski definition) is 0. The minimum atomic E-state index is 0.254. The van der Waals surface area contributed by atoms with E-state index in [0.29, 0.717) is 13.3 Å². The van der Waals surface area contributed by atoms with Crippen molar-refractivity contribution in [2.75, 3.05) is 6.79 Å². The lowest BCUT2D eigenvalue weighted by Crippen LogP contribution is -2.10. The van der Waals surface area contributed by atoms with Gasteiger partial charge in [0.2, 0.25) is 6.79 Å². The summed E-state index contributed by atoms with van der Waals surface area (Å²) in [5.41, 5.74) is 2.18. The van der Waals surface area contributed by atoms with Crippen molar-refractivity contribution < 1.29 is 9.47 Å². The standard InChI is InChI=1S/C20H24N6O2/c1-14(9-15-6-7-17-18(10-15)28-13-27-17)16-11-25(24-21-16)12-20-23-22-19-5-3-2-4-8-26(19)20/h6-7,10-11,14H,2-5,8-9,12-13H2,1H3. The average Bonchev–Trinajstić information content (AvgIpc) is 3.40. The van der Waals surface area contributed by atoms with Crippen LogP contribution in [0.25, 0.3) is 0 Å². The van der Waals surface area contributed by atoms with Crippen molar-refractivity contribution >= 4 is 0 Å². The van der Waals surface area contributed by atoms with E-state index in [1.54, 1.807) is 0 Å².